The molecule has 0 saturated heterocycles. The molecule has 1 rings (SSSR count). The highest BCUT2D eigenvalue weighted by Crippen LogP contribution is 2.26. The van der Waals surface area contributed by atoms with Gasteiger partial charge in [-0.1, -0.05) is 6.92 Å². The van der Waals surface area contributed by atoms with Crippen LogP contribution in [-0.4, -0.2) is 5.75 Å². The van der Waals surface area contributed by atoms with Crippen molar-refractivity contribution in [1.29, 1.82) is 0 Å². The molecule has 1 aromatic rings. The van der Waals surface area contributed by atoms with E-state index in [4.69, 9.17) is 0 Å². The molecule has 0 heterocycles. The lowest BCUT2D eigenvalue weighted by molar-refractivity contribution is 1.27. The van der Waals surface area contributed by atoms with E-state index in [0.29, 0.717) is 0 Å². The first-order valence-corrected chi connectivity index (χ1v) is 5.97. The number of hydrogen-bond donors (Lipinski definition) is 0. The van der Waals surface area contributed by atoms with Gasteiger partial charge in [0.1, 0.15) is 0 Å². The van der Waals surface area contributed by atoms with Crippen molar-refractivity contribution in [2.75, 3.05) is 5.75 Å². The Hall–Kier alpha value is 0.300. The summed E-state index contributed by atoms with van der Waals surface area (Å²) in [7, 11) is 0. The van der Waals surface area contributed by atoms with Crippen molar-refractivity contribution in [2.24, 2.45) is 0 Å². The smallest absolute Gasteiger partial charge is 0.0163 e. The first kappa shape index (κ1) is 10.4. The molecule has 0 aromatic heterocycles. The van der Waals surface area contributed by atoms with E-state index in [1.54, 1.807) is 0 Å². The van der Waals surface area contributed by atoms with Crippen LogP contribution in [0.2, 0.25) is 0 Å². The molecule has 0 aliphatic heterocycles. The van der Waals surface area contributed by atoms with Crippen LogP contribution < -0.4 is 0 Å². The topological polar surface area (TPSA) is 0 Å². The van der Waals surface area contributed by atoms with Crippen LogP contribution in [0, 0.1) is 17.4 Å². The van der Waals surface area contributed by atoms with Crippen LogP contribution in [0.4, 0.5) is 0 Å². The van der Waals surface area contributed by atoms with E-state index in [1.807, 2.05) is 11.8 Å². The lowest BCUT2D eigenvalue weighted by Gasteiger charge is -2.08. The van der Waals surface area contributed by atoms with E-state index < -0.39 is 0 Å². The zero-order valence-electron chi connectivity index (χ0n) is 7.36. The summed E-state index contributed by atoms with van der Waals surface area (Å²) in [5, 5.41) is 0. The fourth-order valence-corrected chi connectivity index (χ4v) is 2.30. The Labute approximate surface area is 92.3 Å². The van der Waals surface area contributed by atoms with Gasteiger partial charge < -0.3 is 0 Å². The lowest BCUT2D eigenvalue weighted by Crippen LogP contribution is -1.88. The van der Waals surface area contributed by atoms with Gasteiger partial charge in [0.15, 0.2) is 0 Å². The second-order valence-corrected chi connectivity index (χ2v) is 5.05. The second-order valence-electron chi connectivity index (χ2n) is 2.58. The van der Waals surface area contributed by atoms with Crippen LogP contribution in [0.1, 0.15) is 18.1 Å². The summed E-state index contributed by atoms with van der Waals surface area (Å²) in [4.78, 5) is 1.32. The molecule has 12 heavy (non-hydrogen) atoms. The number of rotatable bonds is 2. The van der Waals surface area contributed by atoms with Crippen molar-refractivity contribution in [3.63, 3.8) is 0 Å². The van der Waals surface area contributed by atoms with Gasteiger partial charge in [-0.3, -0.25) is 0 Å². The van der Waals surface area contributed by atoms with E-state index in [0.717, 1.165) is 5.75 Å². The summed E-state index contributed by atoms with van der Waals surface area (Å²) >= 11 is 4.20. The maximum atomic E-state index is 4.07. The van der Waals surface area contributed by atoms with E-state index in [1.165, 1.54) is 19.6 Å². The summed E-state index contributed by atoms with van der Waals surface area (Å²) < 4.78 is 1.30. The summed E-state index contributed by atoms with van der Waals surface area (Å²) in [6.45, 7) is 8.37. The number of benzene rings is 1. The lowest BCUT2D eigenvalue weighted by atomic mass is 10.1. The number of halogens is 1. The molecule has 0 bridgehead atoms. The quantitative estimate of drug-likeness (QED) is 0.588. The average Bonchev–Trinajstić information content (AvgIpc) is 2.07. The molecule has 0 unspecified atom stereocenters. The molecule has 1 radical (unpaired) electrons. The van der Waals surface area contributed by atoms with Crippen molar-refractivity contribution in [3.05, 3.63) is 33.8 Å². The fraction of sp³-hybridized carbons (Fsp3) is 0.300. The molecule has 0 spiro atoms. The first-order chi connectivity index (χ1) is 5.66. The monoisotopic (exact) mass is 291 g/mol. The highest BCUT2D eigenvalue weighted by atomic mass is 127. The molecule has 0 N–H and O–H groups in total. The van der Waals surface area contributed by atoms with Gasteiger partial charge in [-0.2, -0.15) is 0 Å². The van der Waals surface area contributed by atoms with Crippen LogP contribution in [0.25, 0.3) is 0 Å². The van der Waals surface area contributed by atoms with E-state index in [-0.39, 0.29) is 0 Å². The standard InChI is InChI=1S/C10H12IS/c1-4-12-10-6-5-9(11)7(2)8(10)3/h5-6H,3-4H2,1-2H3. The fourth-order valence-electron chi connectivity index (χ4n) is 0.994. The van der Waals surface area contributed by atoms with Crippen molar-refractivity contribution in [1.82, 2.24) is 0 Å². The SMILES string of the molecule is [CH2]c1c(SCC)ccc(I)c1C. The second kappa shape index (κ2) is 4.51. The van der Waals surface area contributed by atoms with Gasteiger partial charge in [-0.05, 0) is 65.5 Å². The van der Waals surface area contributed by atoms with Crippen molar-refractivity contribution in [2.45, 2.75) is 18.7 Å². The molecule has 0 aliphatic rings. The molecule has 2 heteroatoms. The van der Waals surface area contributed by atoms with Gasteiger partial charge in [0, 0.05) is 8.47 Å². The van der Waals surface area contributed by atoms with Gasteiger partial charge >= 0.3 is 0 Å². The van der Waals surface area contributed by atoms with Gasteiger partial charge in [0.05, 0.1) is 0 Å². The zero-order valence-corrected chi connectivity index (χ0v) is 10.3. The average molecular weight is 291 g/mol. The number of hydrogen-bond acceptors (Lipinski definition) is 1. The molecule has 0 atom stereocenters. The third kappa shape index (κ3) is 2.16. The molecule has 0 aliphatic carbocycles. The molecular weight excluding hydrogens is 279 g/mol. The highest BCUT2D eigenvalue weighted by Gasteiger charge is 2.03. The van der Waals surface area contributed by atoms with Gasteiger partial charge in [0.25, 0.3) is 0 Å². The summed E-state index contributed by atoms with van der Waals surface area (Å²) in [6.07, 6.45) is 0. The van der Waals surface area contributed by atoms with Crippen LogP contribution in [0.3, 0.4) is 0 Å². The van der Waals surface area contributed by atoms with Crippen molar-refractivity contribution < 1.29 is 0 Å². The molecular formula is C10H12IS. The molecule has 0 fully saturated rings. The summed E-state index contributed by atoms with van der Waals surface area (Å²) in [5.41, 5.74) is 2.50. The van der Waals surface area contributed by atoms with Crippen molar-refractivity contribution in [3.8, 4) is 0 Å². The third-order valence-electron chi connectivity index (χ3n) is 1.79. The van der Waals surface area contributed by atoms with Crippen LogP contribution in [0.15, 0.2) is 17.0 Å². The summed E-state index contributed by atoms with van der Waals surface area (Å²) in [5.74, 6) is 1.11. The maximum absolute atomic E-state index is 4.07. The van der Waals surface area contributed by atoms with Crippen LogP contribution in [0.5, 0.6) is 0 Å². The normalized spacial score (nSPS) is 10.3. The zero-order chi connectivity index (χ0) is 9.14. The Balaban J connectivity index is 3.08. The Morgan fingerprint density at radius 3 is 2.75 bits per heavy atom. The minimum Gasteiger partial charge on any atom is -0.126 e. The first-order valence-electron chi connectivity index (χ1n) is 3.90. The maximum Gasteiger partial charge on any atom is 0.0163 e. The van der Waals surface area contributed by atoms with Crippen LogP contribution in [-0.2, 0) is 0 Å². The van der Waals surface area contributed by atoms with Crippen LogP contribution >= 0.6 is 34.4 Å². The molecule has 65 valence electrons. The predicted molar refractivity (Wildman–Crippen MR) is 64.8 cm³/mol. The Kier molecular flexibility index (Phi) is 3.90. The van der Waals surface area contributed by atoms with Gasteiger partial charge in [-0.15, -0.1) is 11.8 Å². The third-order valence-corrected chi connectivity index (χ3v) is 3.94. The minimum absolute atomic E-state index is 1.11. The molecule has 0 saturated carbocycles. The van der Waals surface area contributed by atoms with E-state index in [9.17, 15) is 0 Å². The predicted octanol–water partition coefficient (Wildman–Crippen LogP) is 3.89. The Bertz CT molecular complexity index is 281. The minimum atomic E-state index is 1.11. The molecule has 1 aromatic carbocycles. The van der Waals surface area contributed by atoms with Gasteiger partial charge in [-0.25, -0.2) is 0 Å². The molecule has 0 amide bonds. The van der Waals surface area contributed by atoms with E-state index in [2.05, 4.69) is 55.5 Å². The van der Waals surface area contributed by atoms with Gasteiger partial charge in [0.2, 0.25) is 0 Å². The number of thioether (sulfide) groups is 1. The van der Waals surface area contributed by atoms with Crippen molar-refractivity contribution >= 4 is 34.4 Å². The Morgan fingerprint density at radius 2 is 2.17 bits per heavy atom. The summed E-state index contributed by atoms with van der Waals surface area (Å²) in [6, 6.07) is 4.31. The largest absolute Gasteiger partial charge is 0.126 e. The molecule has 0 nitrogen and oxygen atoms in total. The van der Waals surface area contributed by atoms with E-state index >= 15 is 0 Å². The highest BCUT2D eigenvalue weighted by molar-refractivity contribution is 14.1. The Morgan fingerprint density at radius 1 is 1.50 bits per heavy atom.